The molecule has 0 saturated carbocycles. The highest BCUT2D eigenvalue weighted by Gasteiger charge is 2.33. The predicted molar refractivity (Wildman–Crippen MR) is 126 cm³/mol. The maximum Gasteiger partial charge on any atom is 0.267 e. The standard InChI is InChI=1S/C25H22N2O3S/c1-29-21-14-13-19(22(16-21)30-2)15-23-24(28)27(17-18-9-5-3-6-10-18)25(31-23)26-20-11-7-4-8-12-20/h3-16H,17H2,1-2H3. The van der Waals surface area contributed by atoms with Gasteiger partial charge in [0, 0.05) is 11.6 Å². The Kier molecular flexibility index (Phi) is 6.38. The number of nitrogens with zero attached hydrogens (tertiary/aromatic N) is 2. The number of rotatable bonds is 6. The molecule has 3 aromatic carbocycles. The van der Waals surface area contributed by atoms with Gasteiger partial charge in [-0.2, -0.15) is 0 Å². The van der Waals surface area contributed by atoms with Crippen LogP contribution >= 0.6 is 11.8 Å². The molecule has 5 nitrogen and oxygen atoms in total. The van der Waals surface area contributed by atoms with Crippen LogP contribution in [-0.2, 0) is 11.3 Å². The van der Waals surface area contributed by atoms with Gasteiger partial charge in [-0.3, -0.25) is 9.69 Å². The Labute approximate surface area is 186 Å². The lowest BCUT2D eigenvalue weighted by molar-refractivity contribution is -0.122. The number of thioether (sulfide) groups is 1. The molecule has 4 rings (SSSR count). The minimum atomic E-state index is -0.0820. The lowest BCUT2D eigenvalue weighted by Gasteiger charge is -2.15. The smallest absolute Gasteiger partial charge is 0.267 e. The van der Waals surface area contributed by atoms with E-state index in [1.54, 1.807) is 25.2 Å². The van der Waals surface area contributed by atoms with Gasteiger partial charge in [0.25, 0.3) is 5.91 Å². The number of amides is 1. The van der Waals surface area contributed by atoms with Crippen LogP contribution in [-0.4, -0.2) is 30.2 Å². The number of aliphatic imine (C=N–C) groups is 1. The molecule has 0 spiro atoms. The molecule has 0 bridgehead atoms. The fraction of sp³-hybridized carbons (Fsp3) is 0.120. The molecular formula is C25H22N2O3S. The van der Waals surface area contributed by atoms with E-state index >= 15 is 0 Å². The van der Waals surface area contributed by atoms with Crippen LogP contribution in [0.15, 0.2) is 88.8 Å². The van der Waals surface area contributed by atoms with Gasteiger partial charge in [-0.25, -0.2) is 4.99 Å². The van der Waals surface area contributed by atoms with Crippen LogP contribution in [0.1, 0.15) is 11.1 Å². The molecule has 0 N–H and O–H groups in total. The normalized spacial score (nSPS) is 16.2. The Morgan fingerprint density at radius 1 is 0.935 bits per heavy atom. The zero-order valence-corrected chi connectivity index (χ0v) is 18.1. The summed E-state index contributed by atoms with van der Waals surface area (Å²) in [5.74, 6) is 1.26. The average Bonchev–Trinajstić information content (AvgIpc) is 3.09. The number of carbonyl (C=O) groups excluding carboxylic acids is 1. The van der Waals surface area contributed by atoms with Crippen molar-refractivity contribution < 1.29 is 14.3 Å². The Hall–Kier alpha value is -3.51. The summed E-state index contributed by atoms with van der Waals surface area (Å²) < 4.78 is 10.8. The molecule has 0 aromatic heterocycles. The molecule has 0 unspecified atom stereocenters. The first-order valence-electron chi connectivity index (χ1n) is 9.79. The summed E-state index contributed by atoms with van der Waals surface area (Å²) in [7, 11) is 3.21. The molecular weight excluding hydrogens is 408 g/mol. The van der Waals surface area contributed by atoms with E-state index in [1.807, 2.05) is 78.9 Å². The number of ether oxygens (including phenoxy) is 2. The van der Waals surface area contributed by atoms with E-state index < -0.39 is 0 Å². The van der Waals surface area contributed by atoms with Crippen molar-refractivity contribution >= 4 is 34.6 Å². The number of carbonyl (C=O) groups is 1. The third kappa shape index (κ3) is 4.81. The van der Waals surface area contributed by atoms with Crippen LogP contribution in [0.4, 0.5) is 5.69 Å². The van der Waals surface area contributed by atoms with E-state index in [4.69, 9.17) is 14.5 Å². The van der Waals surface area contributed by atoms with E-state index in [0.717, 1.165) is 16.8 Å². The lowest BCUT2D eigenvalue weighted by Crippen LogP contribution is -2.28. The highest BCUT2D eigenvalue weighted by Crippen LogP contribution is 2.37. The first-order valence-corrected chi connectivity index (χ1v) is 10.6. The van der Waals surface area contributed by atoms with Gasteiger partial charge in [0.2, 0.25) is 0 Å². The van der Waals surface area contributed by atoms with Gasteiger partial charge in [0.1, 0.15) is 11.5 Å². The summed E-state index contributed by atoms with van der Waals surface area (Å²) in [4.78, 5) is 20.4. The largest absolute Gasteiger partial charge is 0.497 e. The number of hydrogen-bond donors (Lipinski definition) is 0. The fourth-order valence-electron chi connectivity index (χ4n) is 3.19. The van der Waals surface area contributed by atoms with Gasteiger partial charge < -0.3 is 9.47 Å². The maximum atomic E-state index is 13.3. The van der Waals surface area contributed by atoms with E-state index in [-0.39, 0.29) is 5.91 Å². The summed E-state index contributed by atoms with van der Waals surface area (Å²) >= 11 is 1.37. The first-order chi connectivity index (χ1) is 15.2. The molecule has 3 aromatic rings. The Morgan fingerprint density at radius 2 is 1.65 bits per heavy atom. The van der Waals surface area contributed by atoms with Crippen LogP contribution in [0.3, 0.4) is 0 Å². The molecule has 1 aliphatic rings. The lowest BCUT2D eigenvalue weighted by atomic mass is 10.1. The van der Waals surface area contributed by atoms with Crippen molar-refractivity contribution in [2.45, 2.75) is 6.54 Å². The number of hydrogen-bond acceptors (Lipinski definition) is 5. The second kappa shape index (κ2) is 9.53. The van der Waals surface area contributed by atoms with E-state index in [0.29, 0.717) is 28.1 Å². The molecule has 0 atom stereocenters. The van der Waals surface area contributed by atoms with Crippen molar-refractivity contribution in [3.05, 3.63) is 94.9 Å². The second-order valence-electron chi connectivity index (χ2n) is 6.83. The molecule has 1 amide bonds. The average molecular weight is 431 g/mol. The third-order valence-corrected chi connectivity index (χ3v) is 5.79. The van der Waals surface area contributed by atoms with Gasteiger partial charge in [0.15, 0.2) is 5.17 Å². The van der Waals surface area contributed by atoms with E-state index in [1.165, 1.54) is 11.8 Å². The zero-order valence-electron chi connectivity index (χ0n) is 17.3. The SMILES string of the molecule is COc1ccc(C=C2SC(=Nc3ccccc3)N(Cc3ccccc3)C2=O)c(OC)c1. The van der Waals surface area contributed by atoms with Gasteiger partial charge in [-0.05, 0) is 47.7 Å². The van der Waals surface area contributed by atoms with Gasteiger partial charge >= 0.3 is 0 Å². The summed E-state index contributed by atoms with van der Waals surface area (Å²) in [6.07, 6.45) is 1.84. The van der Waals surface area contributed by atoms with E-state index in [9.17, 15) is 4.79 Å². The maximum absolute atomic E-state index is 13.3. The summed E-state index contributed by atoms with van der Waals surface area (Å²) in [5, 5.41) is 0.652. The quantitative estimate of drug-likeness (QED) is 0.484. The minimum Gasteiger partial charge on any atom is -0.497 e. The summed E-state index contributed by atoms with van der Waals surface area (Å²) in [5.41, 5.74) is 2.65. The van der Waals surface area contributed by atoms with Crippen LogP contribution in [0.5, 0.6) is 11.5 Å². The van der Waals surface area contributed by atoms with Crippen molar-refractivity contribution in [1.29, 1.82) is 0 Å². The fourth-order valence-corrected chi connectivity index (χ4v) is 4.18. The zero-order chi connectivity index (χ0) is 21.6. The number of amidine groups is 1. The van der Waals surface area contributed by atoms with Gasteiger partial charge in [-0.1, -0.05) is 48.5 Å². The number of methoxy groups -OCH3 is 2. The third-order valence-electron chi connectivity index (χ3n) is 4.78. The highest BCUT2D eigenvalue weighted by atomic mass is 32.2. The van der Waals surface area contributed by atoms with E-state index in [2.05, 4.69) is 0 Å². The molecule has 156 valence electrons. The minimum absolute atomic E-state index is 0.0820. The molecule has 6 heteroatoms. The van der Waals surface area contributed by atoms with Crippen LogP contribution in [0.2, 0.25) is 0 Å². The highest BCUT2D eigenvalue weighted by molar-refractivity contribution is 8.18. The number of benzene rings is 3. The van der Waals surface area contributed by atoms with Crippen molar-refractivity contribution in [1.82, 2.24) is 4.90 Å². The predicted octanol–water partition coefficient (Wildman–Crippen LogP) is 5.51. The molecule has 31 heavy (non-hydrogen) atoms. The second-order valence-corrected chi connectivity index (χ2v) is 7.83. The molecule has 1 aliphatic heterocycles. The monoisotopic (exact) mass is 430 g/mol. The van der Waals surface area contributed by atoms with Crippen LogP contribution in [0.25, 0.3) is 6.08 Å². The van der Waals surface area contributed by atoms with Gasteiger partial charge in [0.05, 0.1) is 31.4 Å². The first kappa shape index (κ1) is 20.8. The molecule has 0 aliphatic carbocycles. The van der Waals surface area contributed by atoms with Gasteiger partial charge in [-0.15, -0.1) is 0 Å². The summed E-state index contributed by atoms with van der Waals surface area (Å²) in [6.45, 7) is 0.454. The Bertz CT molecular complexity index is 1130. The molecule has 1 fully saturated rings. The molecule has 1 heterocycles. The molecule has 0 radical (unpaired) electrons. The van der Waals surface area contributed by atoms with Crippen molar-refractivity contribution in [2.24, 2.45) is 4.99 Å². The number of para-hydroxylation sites is 1. The summed E-state index contributed by atoms with van der Waals surface area (Å²) in [6, 6.07) is 25.1. The Balaban J connectivity index is 1.71. The van der Waals surface area contributed by atoms with Crippen molar-refractivity contribution in [2.75, 3.05) is 14.2 Å². The topological polar surface area (TPSA) is 51.1 Å². The Morgan fingerprint density at radius 3 is 2.32 bits per heavy atom. The van der Waals surface area contributed by atoms with Crippen molar-refractivity contribution in [3.63, 3.8) is 0 Å². The van der Waals surface area contributed by atoms with Crippen molar-refractivity contribution in [3.8, 4) is 11.5 Å². The molecule has 1 saturated heterocycles. The van der Waals surface area contributed by atoms with Crippen LogP contribution in [0, 0.1) is 0 Å². The van der Waals surface area contributed by atoms with Crippen LogP contribution < -0.4 is 9.47 Å².